The molecule has 22 heavy (non-hydrogen) atoms. The number of aldehydes is 1. The minimum Gasteiger partial charge on any atom is -0.368 e. The Morgan fingerprint density at radius 2 is 2.05 bits per heavy atom. The first-order valence-electron chi connectivity index (χ1n) is 8.06. The summed E-state index contributed by atoms with van der Waals surface area (Å²) in [6, 6.07) is 6.88. The number of carbonyl (C=O) groups is 1. The second kappa shape index (κ2) is 5.54. The van der Waals surface area contributed by atoms with Crippen molar-refractivity contribution in [2.75, 3.05) is 11.4 Å². The summed E-state index contributed by atoms with van der Waals surface area (Å²) in [6.45, 7) is 1.03. The highest BCUT2D eigenvalue weighted by molar-refractivity contribution is 6.34. The molecule has 4 rings (SSSR count). The van der Waals surface area contributed by atoms with Crippen LogP contribution in [-0.2, 0) is 11.2 Å². The van der Waals surface area contributed by atoms with E-state index in [9.17, 15) is 4.79 Å². The summed E-state index contributed by atoms with van der Waals surface area (Å²) in [5.74, 6) is 0.266. The van der Waals surface area contributed by atoms with Gasteiger partial charge >= 0.3 is 0 Å². The zero-order valence-corrected chi connectivity index (χ0v) is 13.2. The van der Waals surface area contributed by atoms with Gasteiger partial charge in [-0.05, 0) is 43.7 Å². The Balaban J connectivity index is 1.73. The summed E-state index contributed by atoms with van der Waals surface area (Å²) in [5, 5.41) is 2.92. The topological polar surface area (TPSA) is 33.2 Å². The van der Waals surface area contributed by atoms with Crippen molar-refractivity contribution in [2.45, 2.75) is 38.1 Å². The Kier molecular flexibility index (Phi) is 3.53. The summed E-state index contributed by atoms with van der Waals surface area (Å²) >= 11 is 6.28. The van der Waals surface area contributed by atoms with Crippen molar-refractivity contribution in [3.63, 3.8) is 0 Å². The van der Waals surface area contributed by atoms with Gasteiger partial charge in [-0.15, -0.1) is 0 Å². The standard InChI is InChI=1S/C18H19ClN2O/c19-18-15-2-1-3-16-17(15)13(10-20-18)8-9-21(16)14-6-4-12(11-22)5-7-14/h1-3,10-12,14H,4-9H2. The molecule has 1 aliphatic heterocycles. The number of hydrogen-bond acceptors (Lipinski definition) is 3. The van der Waals surface area contributed by atoms with E-state index in [-0.39, 0.29) is 5.92 Å². The molecule has 3 nitrogen and oxygen atoms in total. The van der Waals surface area contributed by atoms with E-state index < -0.39 is 0 Å². The molecule has 1 fully saturated rings. The fraction of sp³-hybridized carbons (Fsp3) is 0.444. The molecule has 1 saturated carbocycles. The minimum absolute atomic E-state index is 0.266. The third-order valence-corrected chi connectivity index (χ3v) is 5.53. The molecule has 0 atom stereocenters. The van der Waals surface area contributed by atoms with Gasteiger partial charge in [0.1, 0.15) is 11.4 Å². The van der Waals surface area contributed by atoms with Gasteiger partial charge in [0, 0.05) is 41.2 Å². The molecule has 0 unspecified atom stereocenters. The number of halogens is 1. The molecule has 1 aromatic carbocycles. The molecule has 0 bridgehead atoms. The molecule has 0 spiro atoms. The number of benzene rings is 1. The predicted octanol–water partition coefficient (Wildman–Crippen LogP) is 4.01. The van der Waals surface area contributed by atoms with Crippen LogP contribution in [0.25, 0.3) is 10.8 Å². The van der Waals surface area contributed by atoms with Crippen molar-refractivity contribution in [1.82, 2.24) is 4.98 Å². The largest absolute Gasteiger partial charge is 0.368 e. The smallest absolute Gasteiger partial charge is 0.136 e. The monoisotopic (exact) mass is 314 g/mol. The molecule has 1 aliphatic carbocycles. The molecule has 2 heterocycles. The maximum Gasteiger partial charge on any atom is 0.136 e. The second-order valence-electron chi connectivity index (χ2n) is 6.42. The van der Waals surface area contributed by atoms with Crippen molar-refractivity contribution >= 4 is 34.3 Å². The van der Waals surface area contributed by atoms with E-state index in [0.717, 1.165) is 50.3 Å². The molecule has 4 heteroatoms. The van der Waals surface area contributed by atoms with Crippen LogP contribution in [0.15, 0.2) is 24.4 Å². The van der Waals surface area contributed by atoms with Gasteiger partial charge < -0.3 is 9.69 Å². The lowest BCUT2D eigenvalue weighted by molar-refractivity contribution is -0.111. The molecule has 0 N–H and O–H groups in total. The lowest BCUT2D eigenvalue weighted by Crippen LogP contribution is -2.41. The molecule has 114 valence electrons. The highest BCUT2D eigenvalue weighted by Gasteiger charge is 2.29. The van der Waals surface area contributed by atoms with Crippen LogP contribution in [0.2, 0.25) is 5.15 Å². The molecular weight excluding hydrogens is 296 g/mol. The summed E-state index contributed by atoms with van der Waals surface area (Å²) < 4.78 is 0. The quantitative estimate of drug-likeness (QED) is 0.620. The average Bonchev–Trinajstić information content (AvgIpc) is 2.58. The molecule has 0 saturated heterocycles. The summed E-state index contributed by atoms with van der Waals surface area (Å²) in [6.07, 6.45) is 8.32. The van der Waals surface area contributed by atoms with Gasteiger partial charge in [-0.25, -0.2) is 4.98 Å². The van der Waals surface area contributed by atoms with E-state index in [4.69, 9.17) is 11.6 Å². The lowest BCUT2D eigenvalue weighted by atomic mass is 9.85. The van der Waals surface area contributed by atoms with Gasteiger partial charge in [-0.2, -0.15) is 0 Å². The Morgan fingerprint density at radius 3 is 2.82 bits per heavy atom. The number of aromatic nitrogens is 1. The third kappa shape index (κ3) is 2.19. The van der Waals surface area contributed by atoms with Crippen LogP contribution in [-0.4, -0.2) is 23.9 Å². The molecule has 0 amide bonds. The van der Waals surface area contributed by atoms with Crippen LogP contribution in [0, 0.1) is 5.92 Å². The number of pyridine rings is 1. The highest BCUT2D eigenvalue weighted by atomic mass is 35.5. The molecule has 2 aliphatic rings. The van der Waals surface area contributed by atoms with E-state index in [1.54, 1.807) is 0 Å². The molecule has 1 aromatic heterocycles. The van der Waals surface area contributed by atoms with E-state index in [2.05, 4.69) is 28.1 Å². The van der Waals surface area contributed by atoms with Gasteiger partial charge in [0.25, 0.3) is 0 Å². The Labute approximate surface area is 135 Å². The van der Waals surface area contributed by atoms with Gasteiger partial charge in [-0.1, -0.05) is 23.7 Å². The van der Waals surface area contributed by atoms with E-state index in [0.29, 0.717) is 11.2 Å². The average molecular weight is 315 g/mol. The van der Waals surface area contributed by atoms with Crippen molar-refractivity contribution in [1.29, 1.82) is 0 Å². The first-order chi connectivity index (χ1) is 10.8. The maximum absolute atomic E-state index is 11.0. The third-order valence-electron chi connectivity index (χ3n) is 5.23. The van der Waals surface area contributed by atoms with Crippen LogP contribution in [0.5, 0.6) is 0 Å². The van der Waals surface area contributed by atoms with Crippen molar-refractivity contribution in [3.05, 3.63) is 35.1 Å². The zero-order chi connectivity index (χ0) is 15.1. The molecule has 2 aromatic rings. The normalized spacial score (nSPS) is 24.5. The molecule has 0 radical (unpaired) electrons. The maximum atomic E-state index is 11.0. The zero-order valence-electron chi connectivity index (χ0n) is 12.5. The predicted molar refractivity (Wildman–Crippen MR) is 89.6 cm³/mol. The summed E-state index contributed by atoms with van der Waals surface area (Å²) in [7, 11) is 0. The van der Waals surface area contributed by atoms with Gasteiger partial charge in [0.15, 0.2) is 0 Å². The Morgan fingerprint density at radius 1 is 1.23 bits per heavy atom. The minimum atomic E-state index is 0.266. The van der Waals surface area contributed by atoms with Crippen molar-refractivity contribution in [2.24, 2.45) is 5.92 Å². The fourth-order valence-corrected chi connectivity index (χ4v) is 4.24. The van der Waals surface area contributed by atoms with Crippen LogP contribution >= 0.6 is 11.6 Å². The first kappa shape index (κ1) is 14.0. The van der Waals surface area contributed by atoms with Gasteiger partial charge in [0.05, 0.1) is 0 Å². The van der Waals surface area contributed by atoms with Crippen molar-refractivity contribution in [3.8, 4) is 0 Å². The number of nitrogens with zero attached hydrogens (tertiary/aromatic N) is 2. The van der Waals surface area contributed by atoms with E-state index in [1.807, 2.05) is 6.20 Å². The van der Waals surface area contributed by atoms with Crippen LogP contribution in [0.1, 0.15) is 31.2 Å². The van der Waals surface area contributed by atoms with Gasteiger partial charge in [0.2, 0.25) is 0 Å². The Bertz CT molecular complexity index is 722. The summed E-state index contributed by atoms with van der Waals surface area (Å²) in [4.78, 5) is 17.8. The molecular formula is C18H19ClN2O. The lowest BCUT2D eigenvalue weighted by Gasteiger charge is -2.40. The first-order valence-corrected chi connectivity index (χ1v) is 8.44. The summed E-state index contributed by atoms with van der Waals surface area (Å²) in [5.41, 5.74) is 2.59. The number of anilines is 1. The fourth-order valence-electron chi connectivity index (χ4n) is 4.04. The Hall–Kier alpha value is -1.61. The number of hydrogen-bond donors (Lipinski definition) is 0. The SMILES string of the molecule is O=CC1CCC(N2CCc3cnc(Cl)c4cccc2c34)CC1. The van der Waals surface area contributed by atoms with E-state index in [1.165, 1.54) is 16.6 Å². The van der Waals surface area contributed by atoms with Crippen LogP contribution in [0.4, 0.5) is 5.69 Å². The van der Waals surface area contributed by atoms with Crippen molar-refractivity contribution < 1.29 is 4.79 Å². The second-order valence-corrected chi connectivity index (χ2v) is 6.78. The number of rotatable bonds is 2. The highest BCUT2D eigenvalue weighted by Crippen LogP contribution is 2.39. The van der Waals surface area contributed by atoms with Crippen LogP contribution in [0.3, 0.4) is 0 Å². The van der Waals surface area contributed by atoms with Gasteiger partial charge in [-0.3, -0.25) is 0 Å². The van der Waals surface area contributed by atoms with Crippen LogP contribution < -0.4 is 4.90 Å². The van der Waals surface area contributed by atoms with E-state index >= 15 is 0 Å². The number of carbonyl (C=O) groups excluding carboxylic acids is 1.